The van der Waals surface area contributed by atoms with Crippen LogP contribution >= 0.6 is 0 Å². The predicted octanol–water partition coefficient (Wildman–Crippen LogP) is 1.63. The van der Waals surface area contributed by atoms with Crippen molar-refractivity contribution in [2.45, 2.75) is 32.7 Å². The van der Waals surface area contributed by atoms with E-state index < -0.39 is 18.5 Å². The highest BCUT2D eigenvalue weighted by Gasteiger charge is 2.07. The van der Waals surface area contributed by atoms with Crippen LogP contribution in [0.15, 0.2) is 17.2 Å². The Bertz CT molecular complexity index is 360. The molecule has 0 unspecified atom stereocenters. The molecule has 0 saturated carbocycles. The van der Waals surface area contributed by atoms with E-state index in [9.17, 15) is 13.6 Å². The number of alkyl halides is 2. The first-order valence-electron chi connectivity index (χ1n) is 4.35. The third-order valence-electron chi connectivity index (χ3n) is 1.83. The molecule has 3 nitrogen and oxygen atoms in total. The topological polar surface area (TPSA) is 34.9 Å². The van der Waals surface area contributed by atoms with Crippen LogP contribution in [0.25, 0.3) is 0 Å². The number of halogens is 2. The largest absolute Gasteiger partial charge is 0.293 e. The van der Waals surface area contributed by atoms with Crippen LogP contribution in [0.3, 0.4) is 0 Å². The van der Waals surface area contributed by atoms with Crippen LogP contribution in [-0.2, 0) is 6.54 Å². The summed E-state index contributed by atoms with van der Waals surface area (Å²) < 4.78 is 24.9. The normalized spacial score (nSPS) is 11.3. The highest BCUT2D eigenvalue weighted by molar-refractivity contribution is 5.04. The Morgan fingerprint density at radius 3 is 2.57 bits per heavy atom. The molecule has 0 aromatic carbocycles. The summed E-state index contributed by atoms with van der Waals surface area (Å²) in [6, 6.07) is 1.30. The first kappa shape index (κ1) is 10.8. The van der Waals surface area contributed by atoms with Crippen LogP contribution in [0.5, 0.6) is 0 Å². The molecule has 0 aliphatic heterocycles. The molecular formula is C9H12F2N2O. The predicted molar refractivity (Wildman–Crippen MR) is 48.6 cm³/mol. The molecule has 0 saturated heterocycles. The average Bonchev–Trinajstić information content (AvgIpc) is 2.07. The average molecular weight is 202 g/mol. The highest BCUT2D eigenvalue weighted by Crippen LogP contribution is 2.07. The quantitative estimate of drug-likeness (QED) is 0.746. The molecule has 0 spiro atoms. The molecule has 0 amide bonds. The maximum absolute atomic E-state index is 12.0. The van der Waals surface area contributed by atoms with Crippen LogP contribution in [0.2, 0.25) is 0 Å². The van der Waals surface area contributed by atoms with Gasteiger partial charge in [-0.05, 0) is 5.92 Å². The zero-order chi connectivity index (χ0) is 10.7. The summed E-state index contributed by atoms with van der Waals surface area (Å²) in [4.78, 5) is 15.2. The Labute approximate surface area is 80.4 Å². The molecule has 1 aromatic rings. The van der Waals surface area contributed by atoms with Gasteiger partial charge in [0.05, 0.1) is 18.6 Å². The van der Waals surface area contributed by atoms with Crippen molar-refractivity contribution in [3.8, 4) is 0 Å². The summed E-state index contributed by atoms with van der Waals surface area (Å²) in [7, 11) is 0. The van der Waals surface area contributed by atoms with E-state index in [1.165, 1.54) is 12.4 Å². The molecule has 0 atom stereocenters. The fraction of sp³-hybridized carbons (Fsp3) is 0.556. The minimum atomic E-state index is -2.53. The fourth-order valence-electron chi connectivity index (χ4n) is 1.04. The van der Waals surface area contributed by atoms with Gasteiger partial charge in [-0.2, -0.15) is 0 Å². The summed E-state index contributed by atoms with van der Waals surface area (Å²) in [5.74, 6) is 0.129. The van der Waals surface area contributed by atoms with Crippen molar-refractivity contribution in [2.24, 2.45) is 0 Å². The van der Waals surface area contributed by atoms with Crippen LogP contribution in [0.4, 0.5) is 8.78 Å². The highest BCUT2D eigenvalue weighted by atomic mass is 19.3. The lowest BCUT2D eigenvalue weighted by Crippen LogP contribution is -2.23. The van der Waals surface area contributed by atoms with Crippen molar-refractivity contribution in [3.05, 3.63) is 28.4 Å². The molecule has 0 aliphatic rings. The molecule has 14 heavy (non-hydrogen) atoms. The van der Waals surface area contributed by atoms with E-state index in [1.807, 2.05) is 13.8 Å². The van der Waals surface area contributed by atoms with Gasteiger partial charge in [0, 0.05) is 6.07 Å². The van der Waals surface area contributed by atoms with Crippen molar-refractivity contribution in [1.29, 1.82) is 0 Å². The van der Waals surface area contributed by atoms with Gasteiger partial charge in [-0.25, -0.2) is 13.8 Å². The second-order valence-corrected chi connectivity index (χ2v) is 3.35. The van der Waals surface area contributed by atoms with Crippen LogP contribution in [-0.4, -0.2) is 16.0 Å². The van der Waals surface area contributed by atoms with Gasteiger partial charge in [-0.15, -0.1) is 0 Å². The Morgan fingerprint density at radius 1 is 1.50 bits per heavy atom. The maximum atomic E-state index is 12.0. The van der Waals surface area contributed by atoms with Gasteiger partial charge < -0.3 is 0 Å². The van der Waals surface area contributed by atoms with Crippen molar-refractivity contribution >= 4 is 0 Å². The zero-order valence-corrected chi connectivity index (χ0v) is 8.08. The fourth-order valence-corrected chi connectivity index (χ4v) is 1.04. The second kappa shape index (κ2) is 4.30. The van der Waals surface area contributed by atoms with Crippen molar-refractivity contribution in [3.63, 3.8) is 0 Å². The molecule has 1 rings (SSSR count). The number of hydrogen-bond acceptors (Lipinski definition) is 2. The molecule has 0 fully saturated rings. The molecule has 0 N–H and O–H groups in total. The lowest BCUT2D eigenvalue weighted by Gasteiger charge is -2.07. The van der Waals surface area contributed by atoms with Crippen LogP contribution < -0.4 is 5.56 Å². The summed E-state index contributed by atoms with van der Waals surface area (Å²) >= 11 is 0. The summed E-state index contributed by atoms with van der Waals surface area (Å²) in [5.41, 5.74) is 0.199. The summed E-state index contributed by atoms with van der Waals surface area (Å²) in [6.45, 7) is 3.18. The second-order valence-electron chi connectivity index (χ2n) is 3.35. The molecule has 0 bridgehead atoms. The molecule has 78 valence electrons. The molecule has 0 radical (unpaired) electrons. The van der Waals surface area contributed by atoms with E-state index in [0.29, 0.717) is 5.69 Å². The van der Waals surface area contributed by atoms with Gasteiger partial charge in [0.1, 0.15) is 0 Å². The van der Waals surface area contributed by atoms with Gasteiger partial charge in [0.15, 0.2) is 0 Å². The number of hydrogen-bond donors (Lipinski definition) is 0. The molecule has 5 heteroatoms. The number of nitrogens with zero attached hydrogens (tertiary/aromatic N) is 2. The van der Waals surface area contributed by atoms with Crippen molar-refractivity contribution in [1.82, 2.24) is 9.55 Å². The Kier molecular flexibility index (Phi) is 3.33. The Balaban J connectivity index is 2.96. The van der Waals surface area contributed by atoms with Crippen molar-refractivity contribution < 1.29 is 8.78 Å². The SMILES string of the molecule is CC(C)c1cc(=O)n(CC(F)F)cn1. The summed E-state index contributed by atoms with van der Waals surface area (Å²) in [6.07, 6.45) is -1.36. The van der Waals surface area contributed by atoms with Crippen molar-refractivity contribution in [2.75, 3.05) is 0 Å². The zero-order valence-electron chi connectivity index (χ0n) is 8.08. The van der Waals surface area contributed by atoms with Crippen LogP contribution in [0.1, 0.15) is 25.5 Å². The standard InChI is InChI=1S/C9H12F2N2O/c1-6(2)7-3-9(14)13(5-12-7)4-8(10)11/h3,5-6,8H,4H2,1-2H3. The van der Waals surface area contributed by atoms with Gasteiger partial charge in [-0.3, -0.25) is 9.36 Å². The van der Waals surface area contributed by atoms with Crippen LogP contribution in [0, 0.1) is 0 Å². The van der Waals surface area contributed by atoms with E-state index in [0.717, 1.165) is 4.57 Å². The minimum absolute atomic E-state index is 0.129. The lowest BCUT2D eigenvalue weighted by molar-refractivity contribution is 0.124. The third kappa shape index (κ3) is 2.61. The van der Waals surface area contributed by atoms with E-state index >= 15 is 0 Å². The van der Waals surface area contributed by atoms with E-state index in [4.69, 9.17) is 0 Å². The van der Waals surface area contributed by atoms with Gasteiger partial charge in [0.25, 0.3) is 12.0 Å². The lowest BCUT2D eigenvalue weighted by atomic mass is 10.1. The first-order chi connectivity index (χ1) is 6.50. The van der Waals surface area contributed by atoms with Gasteiger partial charge in [0.2, 0.25) is 0 Å². The molecule has 1 heterocycles. The Hall–Kier alpha value is -1.26. The third-order valence-corrected chi connectivity index (χ3v) is 1.83. The number of rotatable bonds is 3. The monoisotopic (exact) mass is 202 g/mol. The molecule has 1 aromatic heterocycles. The van der Waals surface area contributed by atoms with Gasteiger partial charge in [-0.1, -0.05) is 13.8 Å². The Morgan fingerprint density at radius 2 is 2.14 bits per heavy atom. The summed E-state index contributed by atoms with van der Waals surface area (Å²) in [5, 5.41) is 0. The van der Waals surface area contributed by atoms with E-state index in [2.05, 4.69) is 4.98 Å². The maximum Gasteiger partial charge on any atom is 0.256 e. The minimum Gasteiger partial charge on any atom is -0.293 e. The number of aromatic nitrogens is 2. The molecular weight excluding hydrogens is 190 g/mol. The molecule has 0 aliphatic carbocycles. The first-order valence-corrected chi connectivity index (χ1v) is 4.35. The van der Waals surface area contributed by atoms with Gasteiger partial charge >= 0.3 is 0 Å². The van der Waals surface area contributed by atoms with E-state index in [1.54, 1.807) is 0 Å². The van der Waals surface area contributed by atoms with E-state index in [-0.39, 0.29) is 5.92 Å². The smallest absolute Gasteiger partial charge is 0.256 e.